The fourth-order valence-corrected chi connectivity index (χ4v) is 1.40. The molecule has 1 aliphatic rings. The lowest BCUT2D eigenvalue weighted by atomic mass is 9.92. The molecule has 104 valence electrons. The number of hydrogen-bond acceptors (Lipinski definition) is 6. The summed E-state index contributed by atoms with van der Waals surface area (Å²) < 4.78 is 9.72. The van der Waals surface area contributed by atoms with Gasteiger partial charge in [0, 0.05) is 13.2 Å². The lowest BCUT2D eigenvalue weighted by molar-refractivity contribution is -0.159. The first-order chi connectivity index (χ1) is 8.40. The fourth-order valence-electron chi connectivity index (χ4n) is 1.40. The van der Waals surface area contributed by atoms with Gasteiger partial charge in [-0.1, -0.05) is 0 Å². The number of hydrogen-bond donors (Lipinski definition) is 3. The molecule has 18 heavy (non-hydrogen) atoms. The lowest BCUT2D eigenvalue weighted by Gasteiger charge is -2.25. The number of carbonyl (C=O) groups is 3. The molecular weight excluding hydrogens is 246 g/mol. The molecule has 1 unspecified atom stereocenters. The van der Waals surface area contributed by atoms with Crippen LogP contribution in [0, 0.1) is 5.92 Å². The average Bonchev–Trinajstić information content (AvgIpc) is 2.38. The Hall–Kier alpha value is -1.67. The van der Waals surface area contributed by atoms with E-state index in [-0.39, 0.29) is 11.9 Å². The summed E-state index contributed by atoms with van der Waals surface area (Å²) in [5.74, 6) is -3.74. The van der Waals surface area contributed by atoms with Crippen molar-refractivity contribution in [3.05, 3.63) is 0 Å². The van der Waals surface area contributed by atoms with Crippen molar-refractivity contribution in [1.82, 2.24) is 0 Å². The standard InChI is InChI=1S/C8H15NO3.C2H2O4/c1-11-8(10)7(9)6-2-4-12-5-3-6;3-1(4)2(5)6/h6-7H,2-5,9H2,1H3;(H,3,4)(H,5,6). The highest BCUT2D eigenvalue weighted by Crippen LogP contribution is 2.17. The predicted octanol–water partition coefficient (Wildman–Crippen LogP) is -0.931. The Labute approximate surface area is 104 Å². The molecule has 0 aromatic heterocycles. The summed E-state index contributed by atoms with van der Waals surface area (Å²) >= 11 is 0. The molecule has 0 aromatic carbocycles. The topological polar surface area (TPSA) is 136 Å². The van der Waals surface area contributed by atoms with Gasteiger partial charge >= 0.3 is 17.9 Å². The van der Waals surface area contributed by atoms with Crippen LogP contribution in [-0.2, 0) is 23.9 Å². The molecule has 4 N–H and O–H groups in total. The van der Waals surface area contributed by atoms with Gasteiger partial charge in [-0.05, 0) is 18.8 Å². The number of ether oxygens (including phenoxy) is 2. The third kappa shape index (κ3) is 6.16. The number of carboxylic acid groups (broad SMARTS) is 2. The molecular formula is C10H17NO7. The molecule has 1 aliphatic heterocycles. The van der Waals surface area contributed by atoms with Gasteiger partial charge in [0.05, 0.1) is 7.11 Å². The Morgan fingerprint density at radius 3 is 2.00 bits per heavy atom. The van der Waals surface area contributed by atoms with Crippen molar-refractivity contribution in [2.45, 2.75) is 18.9 Å². The van der Waals surface area contributed by atoms with Crippen molar-refractivity contribution in [2.24, 2.45) is 11.7 Å². The second-order valence-corrected chi connectivity index (χ2v) is 3.61. The summed E-state index contributed by atoms with van der Waals surface area (Å²) in [5.41, 5.74) is 5.67. The predicted molar refractivity (Wildman–Crippen MR) is 58.8 cm³/mol. The molecule has 0 aromatic rings. The monoisotopic (exact) mass is 263 g/mol. The number of methoxy groups -OCH3 is 1. The molecule has 0 bridgehead atoms. The van der Waals surface area contributed by atoms with E-state index in [1.165, 1.54) is 7.11 Å². The fraction of sp³-hybridized carbons (Fsp3) is 0.700. The van der Waals surface area contributed by atoms with Gasteiger partial charge in [0.15, 0.2) is 0 Å². The van der Waals surface area contributed by atoms with E-state index in [1.54, 1.807) is 0 Å². The molecule has 1 rings (SSSR count). The summed E-state index contributed by atoms with van der Waals surface area (Å²) in [7, 11) is 1.36. The largest absolute Gasteiger partial charge is 0.473 e. The number of carboxylic acids is 2. The van der Waals surface area contributed by atoms with Crippen molar-refractivity contribution in [3.63, 3.8) is 0 Å². The molecule has 1 atom stereocenters. The van der Waals surface area contributed by atoms with Crippen LogP contribution < -0.4 is 5.73 Å². The minimum atomic E-state index is -1.82. The van der Waals surface area contributed by atoms with Gasteiger partial charge < -0.3 is 25.4 Å². The highest BCUT2D eigenvalue weighted by molar-refractivity contribution is 6.27. The quantitative estimate of drug-likeness (QED) is 0.429. The van der Waals surface area contributed by atoms with Crippen molar-refractivity contribution in [3.8, 4) is 0 Å². The van der Waals surface area contributed by atoms with Gasteiger partial charge in [0.2, 0.25) is 0 Å². The van der Waals surface area contributed by atoms with E-state index in [0.717, 1.165) is 12.8 Å². The Balaban J connectivity index is 0.000000411. The first kappa shape index (κ1) is 16.3. The SMILES string of the molecule is COC(=O)C(N)C1CCOCC1.O=C(O)C(=O)O. The van der Waals surface area contributed by atoms with E-state index >= 15 is 0 Å². The van der Waals surface area contributed by atoms with E-state index in [2.05, 4.69) is 4.74 Å². The number of rotatable bonds is 2. The number of carbonyl (C=O) groups excluding carboxylic acids is 1. The van der Waals surface area contributed by atoms with Gasteiger partial charge in [0.1, 0.15) is 6.04 Å². The summed E-state index contributed by atoms with van der Waals surface area (Å²) in [4.78, 5) is 29.2. The van der Waals surface area contributed by atoms with Gasteiger partial charge in [0.25, 0.3) is 0 Å². The van der Waals surface area contributed by atoms with Crippen LogP contribution in [0.4, 0.5) is 0 Å². The van der Waals surface area contributed by atoms with Crippen molar-refractivity contribution in [2.75, 3.05) is 20.3 Å². The Kier molecular flexibility index (Phi) is 7.64. The van der Waals surface area contributed by atoms with E-state index in [4.69, 9.17) is 30.3 Å². The maximum atomic E-state index is 11.0. The van der Waals surface area contributed by atoms with E-state index in [1.807, 2.05) is 0 Å². The highest BCUT2D eigenvalue weighted by atomic mass is 16.5. The van der Waals surface area contributed by atoms with E-state index in [9.17, 15) is 4.79 Å². The lowest BCUT2D eigenvalue weighted by Crippen LogP contribution is -2.41. The molecule has 0 saturated carbocycles. The Morgan fingerprint density at radius 1 is 1.22 bits per heavy atom. The first-order valence-corrected chi connectivity index (χ1v) is 5.27. The third-order valence-electron chi connectivity index (χ3n) is 2.43. The number of aliphatic carboxylic acids is 2. The van der Waals surface area contributed by atoms with Crippen LogP contribution in [0.5, 0.6) is 0 Å². The molecule has 0 radical (unpaired) electrons. The van der Waals surface area contributed by atoms with Crippen molar-refractivity contribution >= 4 is 17.9 Å². The molecule has 1 heterocycles. The second kappa shape index (κ2) is 8.43. The number of esters is 1. The zero-order valence-electron chi connectivity index (χ0n) is 10.00. The molecule has 0 aliphatic carbocycles. The third-order valence-corrected chi connectivity index (χ3v) is 2.43. The molecule has 1 fully saturated rings. The molecule has 1 saturated heterocycles. The summed E-state index contributed by atoms with van der Waals surface area (Å²) in [6.45, 7) is 1.41. The van der Waals surface area contributed by atoms with Crippen LogP contribution in [0.2, 0.25) is 0 Å². The maximum Gasteiger partial charge on any atom is 0.414 e. The van der Waals surface area contributed by atoms with E-state index in [0.29, 0.717) is 13.2 Å². The minimum absolute atomic E-state index is 0.228. The van der Waals surface area contributed by atoms with Crippen LogP contribution in [0.1, 0.15) is 12.8 Å². The molecule has 0 spiro atoms. The van der Waals surface area contributed by atoms with Crippen LogP contribution in [0.25, 0.3) is 0 Å². The second-order valence-electron chi connectivity index (χ2n) is 3.61. The Bertz CT molecular complexity index is 287. The summed E-state index contributed by atoms with van der Waals surface area (Å²) in [5, 5.41) is 14.8. The van der Waals surface area contributed by atoms with Gasteiger partial charge in [-0.25, -0.2) is 9.59 Å². The summed E-state index contributed by atoms with van der Waals surface area (Å²) in [6, 6.07) is -0.473. The van der Waals surface area contributed by atoms with Crippen LogP contribution in [0.3, 0.4) is 0 Å². The molecule has 8 nitrogen and oxygen atoms in total. The molecule has 8 heteroatoms. The van der Waals surface area contributed by atoms with Crippen LogP contribution in [-0.4, -0.2) is 54.5 Å². The van der Waals surface area contributed by atoms with Gasteiger partial charge in [-0.2, -0.15) is 0 Å². The zero-order chi connectivity index (χ0) is 14.1. The normalized spacial score (nSPS) is 17.0. The van der Waals surface area contributed by atoms with Crippen LogP contribution >= 0.6 is 0 Å². The summed E-state index contributed by atoms with van der Waals surface area (Å²) in [6.07, 6.45) is 1.71. The van der Waals surface area contributed by atoms with Gasteiger partial charge in [-0.3, -0.25) is 4.79 Å². The number of nitrogens with two attached hydrogens (primary N) is 1. The van der Waals surface area contributed by atoms with E-state index < -0.39 is 18.0 Å². The highest BCUT2D eigenvalue weighted by Gasteiger charge is 2.26. The van der Waals surface area contributed by atoms with Gasteiger partial charge in [-0.15, -0.1) is 0 Å². The minimum Gasteiger partial charge on any atom is -0.473 e. The van der Waals surface area contributed by atoms with Crippen molar-refractivity contribution in [1.29, 1.82) is 0 Å². The smallest absolute Gasteiger partial charge is 0.414 e. The van der Waals surface area contributed by atoms with Crippen molar-refractivity contribution < 1.29 is 34.1 Å². The Morgan fingerprint density at radius 2 is 1.67 bits per heavy atom. The average molecular weight is 263 g/mol. The van der Waals surface area contributed by atoms with Crippen LogP contribution in [0.15, 0.2) is 0 Å². The maximum absolute atomic E-state index is 11.0. The molecule has 0 amide bonds. The zero-order valence-corrected chi connectivity index (χ0v) is 10.00. The first-order valence-electron chi connectivity index (χ1n) is 5.27.